The summed E-state index contributed by atoms with van der Waals surface area (Å²) in [6.45, 7) is 1.93. The Bertz CT molecular complexity index is 1610. The third-order valence-electron chi connectivity index (χ3n) is 12.5. The predicted octanol–water partition coefficient (Wildman–Crippen LogP) is -2.51. The Hall–Kier alpha value is -0.810. The normalized spacial score (nSPS) is 10.5. The second kappa shape index (κ2) is 54.2. The summed E-state index contributed by atoms with van der Waals surface area (Å²) in [6.07, 6.45) is 31.0. The largest absolute Gasteiger partial charge is 1.00 e. The molecule has 2 aromatic rings. The first kappa shape index (κ1) is 77.4. The first-order chi connectivity index (χ1) is 34.1. The molecule has 0 bridgehead atoms. The molecular formula is C57H86Na4O13. The van der Waals surface area contributed by atoms with Crippen LogP contribution < -0.4 is 158 Å². The van der Waals surface area contributed by atoms with Crippen molar-refractivity contribution < 1.29 is 182 Å². The zero-order valence-electron chi connectivity index (χ0n) is 46.6. The van der Waals surface area contributed by atoms with E-state index in [1.807, 2.05) is 24.3 Å². The molecule has 0 amide bonds. The van der Waals surface area contributed by atoms with Gasteiger partial charge < -0.3 is 58.6 Å². The second-order valence-electron chi connectivity index (χ2n) is 18.8. The molecule has 0 aliphatic carbocycles. The van der Waals surface area contributed by atoms with Crippen LogP contribution in [0.25, 0.3) is 0 Å². The number of ketones is 1. The van der Waals surface area contributed by atoms with Gasteiger partial charge in [-0.1, -0.05) is 154 Å². The average Bonchev–Trinajstić information content (AvgIpc) is 3.32. The summed E-state index contributed by atoms with van der Waals surface area (Å²) in [5.74, 6) is -2.00. The molecule has 0 radical (unpaired) electrons. The Balaban J connectivity index is -0.0000126. The van der Waals surface area contributed by atoms with Crippen LogP contribution in [0.15, 0.2) is 36.4 Å². The molecule has 0 aliphatic heterocycles. The van der Waals surface area contributed by atoms with Gasteiger partial charge in [-0.25, -0.2) is 0 Å². The minimum absolute atomic E-state index is 0. The molecule has 0 unspecified atom stereocenters. The van der Waals surface area contributed by atoms with E-state index in [9.17, 15) is 44.4 Å². The van der Waals surface area contributed by atoms with Gasteiger partial charge in [0.25, 0.3) is 0 Å². The number of hydrogen-bond acceptors (Lipinski definition) is 13. The molecule has 0 saturated heterocycles. The maximum Gasteiger partial charge on any atom is 1.00 e. The summed E-state index contributed by atoms with van der Waals surface area (Å²) in [6, 6.07) is 10.8. The topological polar surface area (TPSA) is 215 Å². The Morgan fingerprint density at radius 3 is 0.716 bits per heavy atom. The number of carboxylic acid groups (broad SMARTS) is 4. The van der Waals surface area contributed by atoms with Gasteiger partial charge in [0.15, 0.2) is 5.78 Å². The Kier molecular flexibility index (Phi) is 56.7. The van der Waals surface area contributed by atoms with Crippen molar-refractivity contribution in [3.8, 4) is 23.0 Å². The van der Waals surface area contributed by atoms with Crippen molar-refractivity contribution in [3.63, 3.8) is 0 Å². The fraction of sp³-hybridized carbons (Fsp3) is 0.702. The molecule has 0 spiro atoms. The van der Waals surface area contributed by atoms with Gasteiger partial charge in [0, 0.05) is 36.0 Å². The van der Waals surface area contributed by atoms with Crippen LogP contribution in [-0.2, 0) is 19.2 Å². The molecule has 0 fully saturated rings. The smallest absolute Gasteiger partial charge is 0.550 e. The number of carbonyl (C=O) groups is 5. The zero-order valence-corrected chi connectivity index (χ0v) is 54.6. The number of ether oxygens (including phenoxy) is 4. The van der Waals surface area contributed by atoms with Crippen LogP contribution in [0.2, 0.25) is 0 Å². The second-order valence-corrected chi connectivity index (χ2v) is 18.8. The van der Waals surface area contributed by atoms with Crippen LogP contribution in [0.3, 0.4) is 0 Å². The Morgan fingerprint density at radius 2 is 0.486 bits per heavy atom. The molecule has 0 aliphatic rings. The third kappa shape index (κ3) is 44.1. The van der Waals surface area contributed by atoms with E-state index in [-0.39, 0.29) is 150 Å². The van der Waals surface area contributed by atoms with Crippen LogP contribution in [0.1, 0.15) is 247 Å². The van der Waals surface area contributed by atoms with E-state index in [4.69, 9.17) is 18.9 Å². The molecule has 0 N–H and O–H groups in total. The van der Waals surface area contributed by atoms with Crippen LogP contribution in [0, 0.1) is 0 Å². The van der Waals surface area contributed by atoms with Gasteiger partial charge in [-0.3, -0.25) is 4.79 Å². The molecule has 0 saturated carbocycles. The maximum absolute atomic E-state index is 14.5. The summed E-state index contributed by atoms with van der Waals surface area (Å²) < 4.78 is 25.1. The van der Waals surface area contributed by atoms with Gasteiger partial charge in [-0.15, -0.1) is 0 Å². The number of aliphatic carboxylic acids is 4. The maximum atomic E-state index is 14.5. The SMILES string of the molecule is O=C([O-])CCCCCCCCCCOc1ccc(C(=O)c2ccc(OCCCCCCCCCCC(=O)[O-])cc2OCCCCCCCCCCC(=O)[O-])c(OCCCCCCCCCCC(=O)[O-])c1.[Na+].[Na+].[Na+].[Na+]. The van der Waals surface area contributed by atoms with Gasteiger partial charge in [0.05, 0.1) is 37.6 Å². The minimum Gasteiger partial charge on any atom is -0.550 e. The molecule has 0 heterocycles. The van der Waals surface area contributed by atoms with Crippen molar-refractivity contribution in [2.45, 2.75) is 231 Å². The first-order valence-corrected chi connectivity index (χ1v) is 27.2. The molecule has 17 heteroatoms. The number of carboxylic acids is 4. The molecule has 2 rings (SSSR count). The Labute approximate surface area is 533 Å². The number of rotatable bonds is 50. The summed E-state index contributed by atoms with van der Waals surface area (Å²) >= 11 is 0. The fourth-order valence-corrected chi connectivity index (χ4v) is 8.42. The van der Waals surface area contributed by atoms with Crippen LogP contribution >= 0.6 is 0 Å². The van der Waals surface area contributed by atoms with E-state index in [1.165, 1.54) is 0 Å². The van der Waals surface area contributed by atoms with Crippen LogP contribution in [0.4, 0.5) is 0 Å². The fourth-order valence-electron chi connectivity index (χ4n) is 8.42. The summed E-state index contributed by atoms with van der Waals surface area (Å²) in [5, 5.41) is 42.6. The molecular weight excluding hydrogens is 985 g/mol. The van der Waals surface area contributed by atoms with Crippen LogP contribution in [0.5, 0.6) is 23.0 Å². The Morgan fingerprint density at radius 1 is 0.284 bits per heavy atom. The van der Waals surface area contributed by atoms with Crippen LogP contribution in [-0.4, -0.2) is 56.1 Å². The quantitative estimate of drug-likeness (QED) is 0.0381. The minimum atomic E-state index is -0.992. The molecule has 0 aromatic heterocycles. The van der Waals surface area contributed by atoms with Gasteiger partial charge >= 0.3 is 118 Å². The van der Waals surface area contributed by atoms with Gasteiger partial charge in [0.2, 0.25) is 0 Å². The summed E-state index contributed by atoms with van der Waals surface area (Å²) in [7, 11) is 0. The average molecular weight is 1070 g/mol. The number of carbonyl (C=O) groups excluding carboxylic acids is 5. The third-order valence-corrected chi connectivity index (χ3v) is 12.5. The summed E-state index contributed by atoms with van der Waals surface area (Å²) in [5.41, 5.74) is 0.834. The van der Waals surface area contributed by atoms with Crippen molar-refractivity contribution in [2.24, 2.45) is 0 Å². The van der Waals surface area contributed by atoms with E-state index in [2.05, 4.69) is 0 Å². The van der Waals surface area contributed by atoms with E-state index in [0.717, 1.165) is 180 Å². The van der Waals surface area contributed by atoms with E-state index in [1.54, 1.807) is 12.1 Å². The molecule has 74 heavy (non-hydrogen) atoms. The van der Waals surface area contributed by atoms with Gasteiger partial charge in [-0.05, 0) is 101 Å². The van der Waals surface area contributed by atoms with Crippen molar-refractivity contribution in [2.75, 3.05) is 26.4 Å². The molecule has 0 atom stereocenters. The van der Waals surface area contributed by atoms with E-state index in [0.29, 0.717) is 86.2 Å². The molecule has 2 aromatic carbocycles. The number of unbranched alkanes of at least 4 members (excludes halogenated alkanes) is 28. The number of hydrogen-bond donors (Lipinski definition) is 0. The van der Waals surface area contributed by atoms with Crippen molar-refractivity contribution in [3.05, 3.63) is 47.5 Å². The van der Waals surface area contributed by atoms with Crippen molar-refractivity contribution >= 4 is 29.7 Å². The van der Waals surface area contributed by atoms with Gasteiger partial charge in [0.1, 0.15) is 23.0 Å². The monoisotopic (exact) mass is 1070 g/mol. The zero-order chi connectivity index (χ0) is 50.7. The standard InChI is InChI=1S/C57H90O13.4Na/c58-53(59)33-25-17-9-1-5-13-21-29-41-67-47-37-39-49(51(45-47)69-43-31-23-15-7-3-11-19-27-35-55(62)63)57(66)50-40-38-48(68-42-30-22-14-6-2-10-18-26-34-54(60)61)46-52(50)70-44-32-24-16-8-4-12-20-28-36-56(64)65;;;;/h37-40,45-46H,1-36,41-44H2,(H,58,59)(H,60,61)(H,62,63)(H,64,65);;;;/q;4*+1/p-4. The van der Waals surface area contributed by atoms with E-state index >= 15 is 0 Å². The molecule has 13 nitrogen and oxygen atoms in total. The van der Waals surface area contributed by atoms with Gasteiger partial charge in [-0.2, -0.15) is 0 Å². The van der Waals surface area contributed by atoms with E-state index < -0.39 is 23.9 Å². The first-order valence-electron chi connectivity index (χ1n) is 27.2. The summed E-state index contributed by atoms with van der Waals surface area (Å²) in [4.78, 5) is 57.1. The predicted molar refractivity (Wildman–Crippen MR) is 265 cm³/mol. The van der Waals surface area contributed by atoms with Crippen molar-refractivity contribution in [1.82, 2.24) is 0 Å². The molecule has 396 valence electrons. The number of benzene rings is 2. The van der Waals surface area contributed by atoms with Crippen molar-refractivity contribution in [1.29, 1.82) is 0 Å².